The topological polar surface area (TPSA) is 54.3 Å². The molecular formula is C23H27N3O2S2. The summed E-state index contributed by atoms with van der Waals surface area (Å²) in [5, 5.41) is 6.05. The van der Waals surface area contributed by atoms with E-state index in [2.05, 4.69) is 35.1 Å². The zero-order chi connectivity index (χ0) is 20.9. The van der Waals surface area contributed by atoms with Crippen LogP contribution in [0.25, 0.3) is 10.9 Å². The van der Waals surface area contributed by atoms with Gasteiger partial charge < -0.3 is 14.8 Å². The van der Waals surface area contributed by atoms with E-state index < -0.39 is 0 Å². The van der Waals surface area contributed by atoms with Crippen LogP contribution in [0.4, 0.5) is 0 Å². The van der Waals surface area contributed by atoms with Gasteiger partial charge in [-0.05, 0) is 36.3 Å². The summed E-state index contributed by atoms with van der Waals surface area (Å²) in [6.07, 6.45) is 4.32. The molecule has 0 radical (unpaired) electrons. The summed E-state index contributed by atoms with van der Waals surface area (Å²) in [6, 6.07) is 12.0. The molecule has 1 aliphatic rings. The Morgan fingerprint density at radius 3 is 2.73 bits per heavy atom. The van der Waals surface area contributed by atoms with Crippen molar-refractivity contribution in [2.75, 3.05) is 25.4 Å². The lowest BCUT2D eigenvalue weighted by atomic mass is 9.99. The van der Waals surface area contributed by atoms with Crippen LogP contribution in [0.1, 0.15) is 29.4 Å². The minimum Gasteiger partial charge on any atom is -0.350 e. The van der Waals surface area contributed by atoms with Crippen LogP contribution < -0.4 is 5.32 Å². The van der Waals surface area contributed by atoms with E-state index >= 15 is 0 Å². The SMILES string of the molecule is CC1CCN(C(=O)CSc2cn(CCNC(=O)c3cccs3)c3ccccc23)CC1. The summed E-state index contributed by atoms with van der Waals surface area (Å²) in [5.41, 5.74) is 1.13. The van der Waals surface area contributed by atoms with Gasteiger partial charge in [0.1, 0.15) is 0 Å². The van der Waals surface area contributed by atoms with Crippen LogP contribution in [0, 0.1) is 5.92 Å². The third kappa shape index (κ3) is 4.90. The average molecular weight is 442 g/mol. The molecule has 1 N–H and O–H groups in total. The van der Waals surface area contributed by atoms with Crippen molar-refractivity contribution in [2.45, 2.75) is 31.2 Å². The van der Waals surface area contributed by atoms with E-state index in [4.69, 9.17) is 0 Å². The van der Waals surface area contributed by atoms with Crippen LogP contribution in [0.2, 0.25) is 0 Å². The van der Waals surface area contributed by atoms with Crippen molar-refractivity contribution < 1.29 is 9.59 Å². The lowest BCUT2D eigenvalue weighted by Crippen LogP contribution is -2.38. The number of amides is 2. The first kappa shape index (κ1) is 21.0. The van der Waals surface area contributed by atoms with Crippen molar-refractivity contribution in [2.24, 2.45) is 5.92 Å². The van der Waals surface area contributed by atoms with Crippen molar-refractivity contribution in [1.29, 1.82) is 0 Å². The molecule has 0 bridgehead atoms. The molecular weight excluding hydrogens is 414 g/mol. The fourth-order valence-electron chi connectivity index (χ4n) is 3.79. The number of fused-ring (bicyclic) bond motifs is 1. The van der Waals surface area contributed by atoms with Gasteiger partial charge in [-0.2, -0.15) is 0 Å². The highest BCUT2D eigenvalue weighted by Crippen LogP contribution is 2.30. The van der Waals surface area contributed by atoms with Crippen molar-refractivity contribution in [1.82, 2.24) is 14.8 Å². The maximum atomic E-state index is 12.6. The smallest absolute Gasteiger partial charge is 0.261 e. The van der Waals surface area contributed by atoms with Gasteiger partial charge in [0.25, 0.3) is 5.91 Å². The van der Waals surface area contributed by atoms with E-state index in [1.807, 2.05) is 34.5 Å². The number of thioether (sulfide) groups is 1. The number of nitrogens with one attached hydrogen (secondary N) is 1. The number of rotatable bonds is 7. The Morgan fingerprint density at radius 1 is 1.17 bits per heavy atom. The zero-order valence-electron chi connectivity index (χ0n) is 17.2. The molecule has 158 valence electrons. The predicted octanol–water partition coefficient (Wildman–Crippen LogP) is 4.48. The number of likely N-dealkylation sites (tertiary alicyclic amines) is 1. The van der Waals surface area contributed by atoms with Gasteiger partial charge >= 0.3 is 0 Å². The summed E-state index contributed by atoms with van der Waals surface area (Å²) in [5.74, 6) is 1.39. The number of thiophene rings is 1. The number of aromatic nitrogens is 1. The van der Waals surface area contributed by atoms with Crippen molar-refractivity contribution in [3.63, 3.8) is 0 Å². The van der Waals surface area contributed by atoms with Gasteiger partial charge in [-0.1, -0.05) is 31.2 Å². The van der Waals surface area contributed by atoms with Crippen LogP contribution in [0.3, 0.4) is 0 Å². The maximum absolute atomic E-state index is 12.6. The van der Waals surface area contributed by atoms with E-state index in [1.54, 1.807) is 11.8 Å². The Balaban J connectivity index is 1.38. The molecule has 30 heavy (non-hydrogen) atoms. The first-order valence-corrected chi connectivity index (χ1v) is 12.3. The van der Waals surface area contributed by atoms with E-state index in [0.717, 1.165) is 52.5 Å². The van der Waals surface area contributed by atoms with Gasteiger partial charge in [0.05, 0.1) is 10.6 Å². The number of hydrogen-bond donors (Lipinski definition) is 1. The first-order valence-electron chi connectivity index (χ1n) is 10.4. The molecule has 2 aromatic heterocycles. The molecule has 0 aliphatic carbocycles. The Hall–Kier alpha value is -2.25. The summed E-state index contributed by atoms with van der Waals surface area (Å²) in [6.45, 7) is 5.27. The molecule has 1 saturated heterocycles. The van der Waals surface area contributed by atoms with E-state index in [0.29, 0.717) is 18.8 Å². The van der Waals surface area contributed by atoms with E-state index in [1.165, 1.54) is 11.3 Å². The predicted molar refractivity (Wildman–Crippen MR) is 124 cm³/mol. The number of hydrogen-bond acceptors (Lipinski definition) is 4. The summed E-state index contributed by atoms with van der Waals surface area (Å²) < 4.78 is 2.17. The monoisotopic (exact) mass is 441 g/mol. The van der Waals surface area contributed by atoms with Crippen LogP contribution >= 0.6 is 23.1 Å². The van der Waals surface area contributed by atoms with Crippen LogP contribution in [-0.4, -0.2) is 46.7 Å². The van der Waals surface area contributed by atoms with Crippen LogP contribution in [0.15, 0.2) is 52.9 Å². The first-order chi connectivity index (χ1) is 14.6. The Kier molecular flexibility index (Phi) is 6.79. The van der Waals surface area contributed by atoms with Crippen LogP contribution in [0.5, 0.6) is 0 Å². The molecule has 5 nitrogen and oxygen atoms in total. The fourth-order valence-corrected chi connectivity index (χ4v) is 5.42. The normalized spacial score (nSPS) is 14.9. The molecule has 4 rings (SSSR count). The summed E-state index contributed by atoms with van der Waals surface area (Å²) >= 11 is 3.06. The van der Waals surface area contributed by atoms with E-state index in [9.17, 15) is 9.59 Å². The standard InChI is InChI=1S/C23H27N3O2S2/c1-17-8-11-25(12-9-17)22(27)16-30-21-15-26(19-6-3-2-5-18(19)21)13-10-24-23(28)20-7-4-14-29-20/h2-7,14-15,17H,8-13,16H2,1H3,(H,24,28). The largest absolute Gasteiger partial charge is 0.350 e. The summed E-state index contributed by atoms with van der Waals surface area (Å²) in [7, 11) is 0. The zero-order valence-corrected chi connectivity index (χ0v) is 18.8. The molecule has 3 aromatic rings. The Labute approximate surface area is 185 Å². The number of benzene rings is 1. The van der Waals surface area contributed by atoms with Gasteiger partial charge in [0.15, 0.2) is 0 Å². The number of carbonyl (C=O) groups excluding carboxylic acids is 2. The molecule has 0 spiro atoms. The molecule has 7 heteroatoms. The van der Waals surface area contributed by atoms with Gasteiger partial charge in [-0.15, -0.1) is 23.1 Å². The highest BCUT2D eigenvalue weighted by atomic mass is 32.2. The number of carbonyl (C=O) groups is 2. The minimum atomic E-state index is -0.0301. The number of para-hydroxylation sites is 1. The molecule has 0 unspecified atom stereocenters. The highest BCUT2D eigenvalue weighted by molar-refractivity contribution is 8.00. The summed E-state index contributed by atoms with van der Waals surface area (Å²) in [4.78, 5) is 28.6. The molecule has 3 heterocycles. The second kappa shape index (κ2) is 9.71. The van der Waals surface area contributed by atoms with Crippen LogP contribution in [-0.2, 0) is 11.3 Å². The molecule has 1 aromatic carbocycles. The molecule has 2 amide bonds. The fraction of sp³-hybridized carbons (Fsp3) is 0.391. The molecule has 1 fully saturated rings. The Morgan fingerprint density at radius 2 is 1.97 bits per heavy atom. The maximum Gasteiger partial charge on any atom is 0.261 e. The Bertz CT molecular complexity index is 1000. The third-order valence-electron chi connectivity index (χ3n) is 5.62. The minimum absolute atomic E-state index is 0.0301. The molecule has 0 saturated carbocycles. The molecule has 1 aliphatic heterocycles. The van der Waals surface area contributed by atoms with Gasteiger partial charge in [-0.25, -0.2) is 0 Å². The van der Waals surface area contributed by atoms with Crippen molar-refractivity contribution in [3.05, 3.63) is 52.9 Å². The molecule has 0 atom stereocenters. The van der Waals surface area contributed by atoms with Gasteiger partial charge in [0.2, 0.25) is 5.91 Å². The number of piperidine rings is 1. The lowest BCUT2D eigenvalue weighted by molar-refractivity contribution is -0.129. The van der Waals surface area contributed by atoms with Crippen molar-refractivity contribution >= 4 is 45.8 Å². The highest BCUT2D eigenvalue weighted by Gasteiger charge is 2.20. The van der Waals surface area contributed by atoms with E-state index in [-0.39, 0.29) is 11.8 Å². The number of nitrogens with zero attached hydrogens (tertiary/aromatic N) is 2. The third-order valence-corrected chi connectivity index (χ3v) is 7.52. The lowest BCUT2D eigenvalue weighted by Gasteiger charge is -2.30. The quantitative estimate of drug-likeness (QED) is 0.550. The van der Waals surface area contributed by atoms with Gasteiger partial charge in [0, 0.05) is 48.2 Å². The van der Waals surface area contributed by atoms with Crippen molar-refractivity contribution in [3.8, 4) is 0 Å². The second-order valence-electron chi connectivity index (χ2n) is 7.79. The second-order valence-corrected chi connectivity index (χ2v) is 9.75. The van der Waals surface area contributed by atoms with Gasteiger partial charge in [-0.3, -0.25) is 9.59 Å². The average Bonchev–Trinajstić information content (AvgIpc) is 3.41.